The number of nitrogens with zero attached hydrogens (tertiary/aromatic N) is 1. The van der Waals surface area contributed by atoms with Crippen LogP contribution in [0.25, 0.3) is 33.0 Å². The van der Waals surface area contributed by atoms with Crippen LogP contribution < -0.4 is 4.90 Å². The molecule has 0 amide bonds. The highest BCUT2D eigenvalue weighted by Crippen LogP contribution is 2.50. The van der Waals surface area contributed by atoms with Crippen LogP contribution in [0.2, 0.25) is 0 Å². The zero-order valence-corrected chi connectivity index (χ0v) is 19.3. The van der Waals surface area contributed by atoms with E-state index in [0.717, 1.165) is 0 Å². The quantitative estimate of drug-likeness (QED) is 0.280. The van der Waals surface area contributed by atoms with Crippen LogP contribution in [-0.2, 0) is 5.41 Å². The van der Waals surface area contributed by atoms with Gasteiger partial charge in [-0.05, 0) is 56.8 Å². The normalized spacial score (nSPS) is 13.5. The lowest BCUT2D eigenvalue weighted by Gasteiger charge is -2.26. The van der Waals surface area contributed by atoms with Crippen LogP contribution in [-0.4, -0.2) is 7.05 Å². The summed E-state index contributed by atoms with van der Waals surface area (Å²) in [6, 6.07) is 39.7. The summed E-state index contributed by atoms with van der Waals surface area (Å²) in [7, 11) is 2.18. The molecule has 6 rings (SSSR count). The molecule has 0 saturated carbocycles. The third-order valence-electron chi connectivity index (χ3n) is 7.30. The monoisotopic (exact) mass is 425 g/mol. The van der Waals surface area contributed by atoms with E-state index >= 15 is 0 Å². The molecule has 0 atom stereocenters. The summed E-state index contributed by atoms with van der Waals surface area (Å²) in [4.78, 5) is 2.33. The summed E-state index contributed by atoms with van der Waals surface area (Å²) in [5.74, 6) is 0. The fourth-order valence-corrected chi connectivity index (χ4v) is 5.49. The van der Waals surface area contributed by atoms with Crippen molar-refractivity contribution in [1.82, 2.24) is 0 Å². The van der Waals surface area contributed by atoms with E-state index in [1.54, 1.807) is 0 Å². The van der Waals surface area contributed by atoms with Crippen molar-refractivity contribution >= 4 is 22.1 Å². The van der Waals surface area contributed by atoms with Crippen molar-refractivity contribution in [3.8, 4) is 22.3 Å². The standard InChI is InChI=1S/C32H27N/c1-32(2)29-17-8-6-14-26(29)27-20-19-23(21-30(27)32)33(3)31-18-9-7-15-28(31)25-16-10-12-22-11-4-5-13-24(22)25/h4-21H,1-3H3. The Hall–Kier alpha value is -3.84. The van der Waals surface area contributed by atoms with Crippen LogP contribution in [0.4, 0.5) is 11.4 Å². The first-order chi connectivity index (χ1) is 16.1. The second-order valence-electron chi connectivity index (χ2n) is 9.50. The first kappa shape index (κ1) is 19.8. The Morgan fingerprint density at radius 2 is 1.18 bits per heavy atom. The van der Waals surface area contributed by atoms with Crippen molar-refractivity contribution in [2.45, 2.75) is 19.3 Å². The first-order valence-corrected chi connectivity index (χ1v) is 11.6. The molecule has 0 radical (unpaired) electrons. The van der Waals surface area contributed by atoms with Crippen LogP contribution >= 0.6 is 0 Å². The molecule has 160 valence electrons. The van der Waals surface area contributed by atoms with Crippen LogP contribution in [0.1, 0.15) is 25.0 Å². The lowest BCUT2D eigenvalue weighted by Crippen LogP contribution is -2.16. The van der Waals surface area contributed by atoms with Gasteiger partial charge in [0.2, 0.25) is 0 Å². The topological polar surface area (TPSA) is 3.24 Å². The van der Waals surface area contributed by atoms with Crippen molar-refractivity contribution < 1.29 is 0 Å². The number of rotatable bonds is 3. The molecule has 0 aromatic heterocycles. The van der Waals surface area contributed by atoms with Gasteiger partial charge in [-0.15, -0.1) is 0 Å². The summed E-state index contributed by atoms with van der Waals surface area (Å²) in [6.07, 6.45) is 0. The summed E-state index contributed by atoms with van der Waals surface area (Å²) in [5.41, 5.74) is 10.5. The van der Waals surface area contributed by atoms with Crippen molar-refractivity contribution in [3.05, 3.63) is 120 Å². The third-order valence-corrected chi connectivity index (χ3v) is 7.30. The minimum absolute atomic E-state index is 0.00206. The van der Waals surface area contributed by atoms with Crippen LogP contribution in [0.15, 0.2) is 109 Å². The molecule has 0 saturated heterocycles. The Kier molecular flexibility index (Phi) is 4.41. The second kappa shape index (κ2) is 7.35. The number of anilines is 2. The average molecular weight is 426 g/mol. The Morgan fingerprint density at radius 1 is 0.545 bits per heavy atom. The molecule has 1 aliphatic rings. The average Bonchev–Trinajstić information content (AvgIpc) is 3.10. The van der Waals surface area contributed by atoms with Gasteiger partial charge < -0.3 is 4.90 Å². The second-order valence-corrected chi connectivity index (χ2v) is 9.50. The largest absolute Gasteiger partial charge is 0.344 e. The zero-order chi connectivity index (χ0) is 22.6. The van der Waals surface area contributed by atoms with Crippen LogP contribution in [0.3, 0.4) is 0 Å². The van der Waals surface area contributed by atoms with E-state index in [4.69, 9.17) is 0 Å². The van der Waals surface area contributed by atoms with E-state index in [0.29, 0.717) is 0 Å². The van der Waals surface area contributed by atoms with Crippen molar-refractivity contribution in [2.75, 3.05) is 11.9 Å². The zero-order valence-electron chi connectivity index (χ0n) is 19.3. The predicted octanol–water partition coefficient (Wildman–Crippen LogP) is 8.58. The molecule has 0 N–H and O–H groups in total. The maximum atomic E-state index is 2.38. The SMILES string of the molecule is CN(c1ccc2c(c1)C(C)(C)c1ccccc1-2)c1ccccc1-c1cccc2ccccc12. The van der Waals surface area contributed by atoms with E-state index in [2.05, 4.69) is 135 Å². The van der Waals surface area contributed by atoms with E-state index in [-0.39, 0.29) is 5.41 Å². The number of para-hydroxylation sites is 1. The summed E-state index contributed by atoms with van der Waals surface area (Å²) in [6.45, 7) is 4.68. The summed E-state index contributed by atoms with van der Waals surface area (Å²) in [5, 5.41) is 2.55. The van der Waals surface area contributed by atoms with E-state index in [9.17, 15) is 0 Å². The van der Waals surface area contributed by atoms with Gasteiger partial charge in [-0.2, -0.15) is 0 Å². The van der Waals surface area contributed by atoms with Crippen molar-refractivity contribution in [3.63, 3.8) is 0 Å². The molecular formula is C32H27N. The molecule has 33 heavy (non-hydrogen) atoms. The Labute approximate surface area is 195 Å². The lowest BCUT2D eigenvalue weighted by molar-refractivity contribution is 0.660. The minimum Gasteiger partial charge on any atom is -0.344 e. The highest BCUT2D eigenvalue weighted by atomic mass is 15.1. The van der Waals surface area contributed by atoms with E-state index < -0.39 is 0 Å². The van der Waals surface area contributed by atoms with Gasteiger partial charge in [-0.25, -0.2) is 0 Å². The van der Waals surface area contributed by atoms with Gasteiger partial charge in [-0.3, -0.25) is 0 Å². The Balaban J connectivity index is 1.48. The highest BCUT2D eigenvalue weighted by Gasteiger charge is 2.35. The van der Waals surface area contributed by atoms with Gasteiger partial charge in [-0.1, -0.05) is 105 Å². The minimum atomic E-state index is -0.00206. The van der Waals surface area contributed by atoms with E-state index in [1.165, 1.54) is 55.5 Å². The molecule has 5 aromatic carbocycles. The molecule has 0 bridgehead atoms. The fourth-order valence-electron chi connectivity index (χ4n) is 5.49. The number of hydrogen-bond acceptors (Lipinski definition) is 1. The van der Waals surface area contributed by atoms with Crippen molar-refractivity contribution in [1.29, 1.82) is 0 Å². The van der Waals surface area contributed by atoms with Crippen LogP contribution in [0.5, 0.6) is 0 Å². The van der Waals surface area contributed by atoms with Crippen molar-refractivity contribution in [2.24, 2.45) is 0 Å². The molecule has 0 fully saturated rings. The molecule has 0 unspecified atom stereocenters. The molecule has 5 aromatic rings. The third kappa shape index (κ3) is 3.00. The maximum Gasteiger partial charge on any atom is 0.0487 e. The van der Waals surface area contributed by atoms with Gasteiger partial charge in [0.25, 0.3) is 0 Å². The molecule has 0 heterocycles. The van der Waals surface area contributed by atoms with Crippen LogP contribution in [0, 0.1) is 0 Å². The maximum absolute atomic E-state index is 2.38. The predicted molar refractivity (Wildman–Crippen MR) is 141 cm³/mol. The number of benzene rings is 5. The van der Waals surface area contributed by atoms with E-state index in [1.807, 2.05) is 0 Å². The number of fused-ring (bicyclic) bond motifs is 4. The van der Waals surface area contributed by atoms with Gasteiger partial charge in [0.1, 0.15) is 0 Å². The number of hydrogen-bond donors (Lipinski definition) is 0. The Bertz CT molecular complexity index is 1500. The first-order valence-electron chi connectivity index (χ1n) is 11.6. The molecule has 1 nitrogen and oxygen atoms in total. The summed E-state index contributed by atoms with van der Waals surface area (Å²) < 4.78 is 0. The van der Waals surface area contributed by atoms with Gasteiger partial charge in [0, 0.05) is 29.4 Å². The smallest absolute Gasteiger partial charge is 0.0487 e. The van der Waals surface area contributed by atoms with Gasteiger partial charge >= 0.3 is 0 Å². The highest BCUT2D eigenvalue weighted by molar-refractivity contribution is 6.00. The fraction of sp³-hybridized carbons (Fsp3) is 0.125. The van der Waals surface area contributed by atoms with Gasteiger partial charge in [0.15, 0.2) is 0 Å². The molecule has 1 heteroatoms. The molecule has 0 spiro atoms. The van der Waals surface area contributed by atoms with Gasteiger partial charge in [0.05, 0.1) is 0 Å². The summed E-state index contributed by atoms with van der Waals surface area (Å²) >= 11 is 0. The molecular weight excluding hydrogens is 398 g/mol. The molecule has 0 aliphatic heterocycles. The molecule has 1 aliphatic carbocycles. The Morgan fingerprint density at radius 3 is 2.06 bits per heavy atom. The lowest BCUT2D eigenvalue weighted by atomic mass is 9.82.